The van der Waals surface area contributed by atoms with Crippen LogP contribution in [0.1, 0.15) is 24.8 Å². The number of likely N-dealkylation sites (tertiary alicyclic amines) is 1. The van der Waals surface area contributed by atoms with Crippen LogP contribution in [-0.2, 0) is 20.9 Å². The molecule has 1 atom stereocenters. The monoisotopic (exact) mass is 459 g/mol. The van der Waals surface area contributed by atoms with Crippen LogP contribution in [0.4, 0.5) is 5.69 Å². The first-order valence-electron chi connectivity index (χ1n) is 10.3. The quantitative estimate of drug-likeness (QED) is 0.692. The van der Waals surface area contributed by atoms with Crippen molar-refractivity contribution >= 4 is 46.6 Å². The summed E-state index contributed by atoms with van der Waals surface area (Å²) in [7, 11) is 0. The maximum absolute atomic E-state index is 13.0. The molecule has 0 aliphatic carbocycles. The van der Waals surface area contributed by atoms with Gasteiger partial charge in [0.25, 0.3) is 5.91 Å². The van der Waals surface area contributed by atoms with Gasteiger partial charge in [-0.2, -0.15) is 0 Å². The van der Waals surface area contributed by atoms with E-state index in [2.05, 4.69) is 5.32 Å². The molecule has 0 radical (unpaired) electrons. The fraction of sp³-hybridized carbons (Fsp3) is 0.348. The highest BCUT2D eigenvalue weighted by molar-refractivity contribution is 6.42. The van der Waals surface area contributed by atoms with Crippen molar-refractivity contribution in [1.82, 2.24) is 10.2 Å². The molecule has 0 aromatic heterocycles. The summed E-state index contributed by atoms with van der Waals surface area (Å²) in [5.74, 6) is -0.556. The zero-order valence-corrected chi connectivity index (χ0v) is 18.4. The fourth-order valence-electron chi connectivity index (χ4n) is 4.20. The largest absolute Gasteiger partial charge is 0.352 e. The Balaban J connectivity index is 1.33. The molecule has 2 aliphatic rings. The zero-order chi connectivity index (χ0) is 22.0. The van der Waals surface area contributed by atoms with Gasteiger partial charge in [0.1, 0.15) is 0 Å². The number of benzene rings is 2. The summed E-state index contributed by atoms with van der Waals surface area (Å²) in [6, 6.07) is 14.0. The normalized spacial score (nSPS) is 20.3. The molecular weight excluding hydrogens is 437 g/mol. The molecule has 3 amide bonds. The third-order valence-corrected chi connectivity index (χ3v) is 6.67. The Hall–Kier alpha value is -2.41. The van der Waals surface area contributed by atoms with Gasteiger partial charge in [0.2, 0.25) is 11.8 Å². The number of nitrogens with zero attached hydrogens (tertiary/aromatic N) is 2. The van der Waals surface area contributed by atoms with Crippen molar-refractivity contribution in [3.63, 3.8) is 0 Å². The number of nitrogens with one attached hydrogen (secondary N) is 1. The Morgan fingerprint density at radius 2 is 1.71 bits per heavy atom. The van der Waals surface area contributed by atoms with Crippen molar-refractivity contribution in [1.29, 1.82) is 0 Å². The molecule has 0 saturated carbocycles. The van der Waals surface area contributed by atoms with Crippen molar-refractivity contribution < 1.29 is 14.4 Å². The first kappa shape index (κ1) is 21.8. The lowest BCUT2D eigenvalue weighted by molar-refractivity contribution is -0.127. The minimum Gasteiger partial charge on any atom is -0.352 e. The van der Waals surface area contributed by atoms with E-state index in [0.717, 1.165) is 5.56 Å². The average Bonchev–Trinajstić information content (AvgIpc) is 3.08. The van der Waals surface area contributed by atoms with Crippen LogP contribution in [0.3, 0.4) is 0 Å². The SMILES string of the molecule is O=C(NCc1ccccc1)C1CCN([C@H]2CC(=O)N(c3ccc(Cl)c(Cl)c3)C2=O)CC1. The first-order valence-corrected chi connectivity index (χ1v) is 11.1. The van der Waals surface area contributed by atoms with Gasteiger partial charge >= 0.3 is 0 Å². The molecule has 162 valence electrons. The van der Waals surface area contributed by atoms with Crippen molar-refractivity contribution in [3.8, 4) is 0 Å². The second kappa shape index (κ2) is 9.39. The van der Waals surface area contributed by atoms with Crippen molar-refractivity contribution in [2.24, 2.45) is 5.92 Å². The summed E-state index contributed by atoms with van der Waals surface area (Å²) in [5, 5.41) is 3.66. The summed E-state index contributed by atoms with van der Waals surface area (Å²) < 4.78 is 0. The summed E-state index contributed by atoms with van der Waals surface area (Å²) in [6.07, 6.45) is 1.45. The molecule has 2 saturated heterocycles. The van der Waals surface area contributed by atoms with Crippen LogP contribution >= 0.6 is 23.2 Å². The van der Waals surface area contributed by atoms with Gasteiger partial charge in [-0.1, -0.05) is 53.5 Å². The number of amides is 3. The minimum atomic E-state index is -0.504. The lowest BCUT2D eigenvalue weighted by atomic mass is 9.94. The Kier molecular flexibility index (Phi) is 6.60. The Labute approximate surface area is 191 Å². The molecule has 4 rings (SSSR count). The van der Waals surface area contributed by atoms with E-state index in [9.17, 15) is 14.4 Å². The molecule has 2 aromatic rings. The molecule has 2 aromatic carbocycles. The van der Waals surface area contributed by atoms with Crippen molar-refractivity contribution in [3.05, 3.63) is 64.1 Å². The summed E-state index contributed by atoms with van der Waals surface area (Å²) in [4.78, 5) is 41.3. The molecule has 8 heteroatoms. The zero-order valence-electron chi connectivity index (χ0n) is 16.9. The number of anilines is 1. The second-order valence-corrected chi connectivity index (χ2v) is 8.71. The molecule has 2 fully saturated rings. The van der Waals surface area contributed by atoms with Crippen LogP contribution in [0, 0.1) is 5.92 Å². The van der Waals surface area contributed by atoms with Crippen molar-refractivity contribution in [2.75, 3.05) is 18.0 Å². The van der Waals surface area contributed by atoms with Crippen LogP contribution < -0.4 is 10.2 Å². The molecule has 1 N–H and O–H groups in total. The van der Waals surface area contributed by atoms with Crippen LogP contribution in [-0.4, -0.2) is 41.8 Å². The standard InChI is InChI=1S/C23H23Cl2N3O3/c24-18-7-6-17(12-19(18)25)28-21(29)13-20(23(28)31)27-10-8-16(9-11-27)22(30)26-14-15-4-2-1-3-5-15/h1-7,12,16,20H,8-11,13-14H2,(H,26,30)/t20-/m0/s1. The molecule has 31 heavy (non-hydrogen) atoms. The van der Waals surface area contributed by atoms with Crippen LogP contribution in [0.2, 0.25) is 10.0 Å². The maximum Gasteiger partial charge on any atom is 0.251 e. The van der Waals surface area contributed by atoms with E-state index in [4.69, 9.17) is 23.2 Å². The maximum atomic E-state index is 13.0. The van der Waals surface area contributed by atoms with Gasteiger partial charge in [0, 0.05) is 12.5 Å². The highest BCUT2D eigenvalue weighted by atomic mass is 35.5. The smallest absolute Gasteiger partial charge is 0.251 e. The molecule has 0 bridgehead atoms. The fourth-order valence-corrected chi connectivity index (χ4v) is 4.49. The Bertz CT molecular complexity index is 991. The topological polar surface area (TPSA) is 69.7 Å². The van der Waals surface area contributed by atoms with Crippen LogP contribution in [0.5, 0.6) is 0 Å². The van der Waals surface area contributed by atoms with Gasteiger partial charge < -0.3 is 5.32 Å². The van der Waals surface area contributed by atoms with Crippen molar-refractivity contribution in [2.45, 2.75) is 31.8 Å². The van der Waals surface area contributed by atoms with E-state index in [-0.39, 0.29) is 30.1 Å². The third kappa shape index (κ3) is 4.76. The minimum absolute atomic E-state index is 0.0368. The van der Waals surface area contributed by atoms with E-state index in [1.165, 1.54) is 11.0 Å². The van der Waals surface area contributed by atoms with E-state index in [1.807, 2.05) is 35.2 Å². The van der Waals surface area contributed by atoms with Crippen LogP contribution in [0.15, 0.2) is 48.5 Å². The van der Waals surface area contributed by atoms with Crippen LogP contribution in [0.25, 0.3) is 0 Å². The first-order chi connectivity index (χ1) is 14.9. The molecule has 6 nitrogen and oxygen atoms in total. The predicted octanol–water partition coefficient (Wildman–Crippen LogP) is 3.65. The number of carbonyl (C=O) groups excluding carboxylic acids is 3. The summed E-state index contributed by atoms with van der Waals surface area (Å²) >= 11 is 12.0. The second-order valence-electron chi connectivity index (χ2n) is 7.90. The van der Waals surface area contributed by atoms with Gasteiger partial charge in [-0.05, 0) is 49.7 Å². The Morgan fingerprint density at radius 1 is 1.00 bits per heavy atom. The number of hydrogen-bond donors (Lipinski definition) is 1. The van der Waals surface area contributed by atoms with Gasteiger partial charge in [-0.3, -0.25) is 19.3 Å². The summed E-state index contributed by atoms with van der Waals surface area (Å²) in [5.41, 5.74) is 1.49. The number of rotatable bonds is 5. The van der Waals surface area contributed by atoms with Gasteiger partial charge in [-0.15, -0.1) is 0 Å². The highest BCUT2D eigenvalue weighted by Crippen LogP contribution is 2.32. The van der Waals surface area contributed by atoms with Gasteiger partial charge in [0.05, 0.1) is 28.2 Å². The predicted molar refractivity (Wildman–Crippen MR) is 120 cm³/mol. The number of piperidine rings is 1. The molecule has 0 unspecified atom stereocenters. The number of halogens is 2. The third-order valence-electron chi connectivity index (χ3n) is 5.93. The number of carbonyl (C=O) groups is 3. The lowest BCUT2D eigenvalue weighted by Gasteiger charge is -2.34. The molecule has 2 aliphatic heterocycles. The highest BCUT2D eigenvalue weighted by Gasteiger charge is 2.44. The van der Waals surface area contributed by atoms with E-state index in [1.54, 1.807) is 12.1 Å². The molecule has 0 spiro atoms. The van der Waals surface area contributed by atoms with E-state index in [0.29, 0.717) is 48.2 Å². The van der Waals surface area contributed by atoms with Gasteiger partial charge in [-0.25, -0.2) is 4.90 Å². The summed E-state index contributed by atoms with van der Waals surface area (Å²) in [6.45, 7) is 1.71. The molecule has 2 heterocycles. The average molecular weight is 460 g/mol. The van der Waals surface area contributed by atoms with Gasteiger partial charge in [0.15, 0.2) is 0 Å². The number of imide groups is 1. The van der Waals surface area contributed by atoms with E-state index < -0.39 is 6.04 Å². The van der Waals surface area contributed by atoms with E-state index >= 15 is 0 Å². The Morgan fingerprint density at radius 3 is 2.39 bits per heavy atom. The molecular formula is C23H23Cl2N3O3. The lowest BCUT2D eigenvalue weighted by Crippen LogP contribution is -2.48. The number of hydrogen-bond acceptors (Lipinski definition) is 4.